The van der Waals surface area contributed by atoms with Crippen molar-refractivity contribution < 1.29 is 24.0 Å². The van der Waals surface area contributed by atoms with Crippen molar-refractivity contribution in [2.45, 2.75) is 20.4 Å². The van der Waals surface area contributed by atoms with Gasteiger partial charge in [0.1, 0.15) is 0 Å². The summed E-state index contributed by atoms with van der Waals surface area (Å²) in [4.78, 5) is 39.9. The average molecular weight is 478 g/mol. The maximum absolute atomic E-state index is 12.8. The molecule has 3 rings (SSSR count). The Hall–Kier alpha value is -3.08. The summed E-state index contributed by atoms with van der Waals surface area (Å²) in [6, 6.07) is 8.70. The van der Waals surface area contributed by atoms with Crippen LogP contribution in [0.5, 0.6) is 0 Å². The average Bonchev–Trinajstić information content (AvgIpc) is 3.10. The third-order valence-corrected chi connectivity index (χ3v) is 5.82. The quantitative estimate of drug-likeness (QED) is 0.208. The molecule has 1 aromatic heterocycles. The minimum absolute atomic E-state index is 0.0657. The molecule has 9 nitrogen and oxygen atoms in total. The number of nitrogens with zero attached hydrogens (tertiary/aromatic N) is 3. The van der Waals surface area contributed by atoms with Crippen molar-refractivity contribution in [2.75, 3.05) is 19.8 Å². The fraction of sp³-hybridized carbons (Fsp3) is 0.286. The number of carbonyl (C=O) groups excluding carboxylic acids is 2. The van der Waals surface area contributed by atoms with Gasteiger partial charge in [-0.25, -0.2) is 4.79 Å². The minimum atomic E-state index is -0.707. The highest BCUT2D eigenvalue weighted by Crippen LogP contribution is 2.24. The van der Waals surface area contributed by atoms with Crippen molar-refractivity contribution in [2.24, 2.45) is 4.99 Å². The summed E-state index contributed by atoms with van der Waals surface area (Å²) >= 11 is 7.30. The molecule has 3 aromatic rings. The predicted octanol–water partition coefficient (Wildman–Crippen LogP) is 4.22. The van der Waals surface area contributed by atoms with E-state index in [2.05, 4.69) is 4.99 Å². The van der Waals surface area contributed by atoms with Gasteiger partial charge in [-0.15, -0.1) is 0 Å². The summed E-state index contributed by atoms with van der Waals surface area (Å²) in [5.41, 5.74) is 0.825. The fourth-order valence-electron chi connectivity index (χ4n) is 2.95. The van der Waals surface area contributed by atoms with Gasteiger partial charge in [-0.1, -0.05) is 22.9 Å². The maximum atomic E-state index is 12.8. The molecule has 0 spiro atoms. The zero-order valence-electron chi connectivity index (χ0n) is 17.4. The van der Waals surface area contributed by atoms with Crippen LogP contribution in [-0.4, -0.2) is 41.2 Å². The van der Waals surface area contributed by atoms with Crippen molar-refractivity contribution in [3.05, 3.63) is 67.5 Å². The lowest BCUT2D eigenvalue weighted by molar-refractivity contribution is -0.384. The largest absolute Gasteiger partial charge is 0.462 e. The molecule has 0 atom stereocenters. The molecule has 11 heteroatoms. The van der Waals surface area contributed by atoms with Crippen LogP contribution in [0.25, 0.3) is 10.2 Å². The summed E-state index contributed by atoms with van der Waals surface area (Å²) in [5.74, 6) is -1.15. The molecule has 2 aromatic carbocycles. The van der Waals surface area contributed by atoms with E-state index in [9.17, 15) is 19.7 Å². The van der Waals surface area contributed by atoms with Crippen LogP contribution >= 0.6 is 22.9 Å². The highest BCUT2D eigenvalue weighted by atomic mass is 35.5. The smallest absolute Gasteiger partial charge is 0.338 e. The molecule has 0 N–H and O–H groups in total. The Morgan fingerprint density at radius 3 is 2.66 bits per heavy atom. The SMILES string of the molecule is CCOCCn1c(=NC(=O)c2cc([N+](=O)[O-])ccc2Cl)sc2cc(C(=O)OCC)ccc21. The van der Waals surface area contributed by atoms with Crippen molar-refractivity contribution in [3.8, 4) is 0 Å². The number of ether oxygens (including phenoxy) is 2. The first-order valence-corrected chi connectivity index (χ1v) is 11.0. The lowest BCUT2D eigenvalue weighted by atomic mass is 10.2. The maximum Gasteiger partial charge on any atom is 0.338 e. The molecule has 0 aliphatic carbocycles. The number of halogens is 1. The molecule has 0 radical (unpaired) electrons. The number of nitro benzene ring substituents is 1. The molecule has 0 unspecified atom stereocenters. The second kappa shape index (κ2) is 10.5. The highest BCUT2D eigenvalue weighted by molar-refractivity contribution is 7.16. The molecule has 0 aliphatic rings. The van der Waals surface area contributed by atoms with E-state index < -0.39 is 16.8 Å². The number of benzene rings is 2. The van der Waals surface area contributed by atoms with Gasteiger partial charge in [-0.05, 0) is 38.1 Å². The van der Waals surface area contributed by atoms with Gasteiger partial charge in [-0.2, -0.15) is 4.99 Å². The van der Waals surface area contributed by atoms with E-state index in [0.29, 0.717) is 30.1 Å². The Bertz CT molecular complexity index is 1250. The van der Waals surface area contributed by atoms with E-state index in [1.165, 1.54) is 23.5 Å². The van der Waals surface area contributed by atoms with Crippen molar-refractivity contribution in [1.29, 1.82) is 0 Å². The van der Waals surface area contributed by atoms with Gasteiger partial charge in [0.2, 0.25) is 0 Å². The number of carbonyl (C=O) groups is 2. The third kappa shape index (κ3) is 5.21. The first-order valence-electron chi connectivity index (χ1n) is 9.77. The summed E-state index contributed by atoms with van der Waals surface area (Å²) in [7, 11) is 0. The van der Waals surface area contributed by atoms with E-state index in [-0.39, 0.29) is 22.9 Å². The molecular formula is C21H20ClN3O6S. The third-order valence-electron chi connectivity index (χ3n) is 4.45. The molecule has 0 saturated heterocycles. The number of non-ortho nitro benzene ring substituents is 1. The predicted molar refractivity (Wildman–Crippen MR) is 120 cm³/mol. The Kier molecular flexibility index (Phi) is 7.73. The van der Waals surface area contributed by atoms with E-state index in [1.807, 2.05) is 6.92 Å². The molecular weight excluding hydrogens is 458 g/mol. The van der Waals surface area contributed by atoms with Gasteiger partial charge in [0.15, 0.2) is 4.80 Å². The Morgan fingerprint density at radius 1 is 1.19 bits per heavy atom. The van der Waals surface area contributed by atoms with Crippen LogP contribution < -0.4 is 4.80 Å². The Morgan fingerprint density at radius 2 is 1.97 bits per heavy atom. The van der Waals surface area contributed by atoms with Gasteiger partial charge in [0.05, 0.1) is 44.5 Å². The molecule has 0 bridgehead atoms. The normalized spacial score (nSPS) is 11.7. The zero-order chi connectivity index (χ0) is 23.3. The van der Waals surface area contributed by atoms with Crippen molar-refractivity contribution in [3.63, 3.8) is 0 Å². The van der Waals surface area contributed by atoms with Gasteiger partial charge in [-0.3, -0.25) is 14.9 Å². The number of thiazole rings is 1. The van der Waals surface area contributed by atoms with Crippen LogP contribution in [0.1, 0.15) is 34.6 Å². The summed E-state index contributed by atoms with van der Waals surface area (Å²) in [6.07, 6.45) is 0. The highest BCUT2D eigenvalue weighted by Gasteiger charge is 2.17. The van der Waals surface area contributed by atoms with Gasteiger partial charge in [0.25, 0.3) is 11.6 Å². The first kappa shape index (κ1) is 23.6. The van der Waals surface area contributed by atoms with E-state index in [4.69, 9.17) is 21.1 Å². The lowest BCUT2D eigenvalue weighted by Crippen LogP contribution is -2.20. The van der Waals surface area contributed by atoms with Crippen LogP contribution in [0.2, 0.25) is 5.02 Å². The summed E-state index contributed by atoms with van der Waals surface area (Å²) < 4.78 is 13.0. The summed E-state index contributed by atoms with van der Waals surface area (Å²) in [5, 5.41) is 11.1. The van der Waals surface area contributed by atoms with Crippen molar-refractivity contribution in [1.82, 2.24) is 4.57 Å². The van der Waals surface area contributed by atoms with Crippen LogP contribution in [0, 0.1) is 10.1 Å². The standard InChI is InChI=1S/C21H20ClN3O6S/c1-3-30-10-9-24-17-8-5-13(20(27)31-4-2)11-18(17)32-21(24)23-19(26)15-12-14(25(28)29)6-7-16(15)22/h5-8,11-12H,3-4,9-10H2,1-2H3. The number of hydrogen-bond acceptors (Lipinski definition) is 7. The number of aromatic nitrogens is 1. The second-order valence-electron chi connectivity index (χ2n) is 6.47. The van der Waals surface area contributed by atoms with Crippen molar-refractivity contribution >= 4 is 50.7 Å². The minimum Gasteiger partial charge on any atom is -0.462 e. The molecule has 1 amide bonds. The monoisotopic (exact) mass is 477 g/mol. The number of rotatable bonds is 8. The van der Waals surface area contributed by atoms with E-state index >= 15 is 0 Å². The van der Waals surface area contributed by atoms with Gasteiger partial charge >= 0.3 is 5.97 Å². The lowest BCUT2D eigenvalue weighted by Gasteiger charge is -2.06. The van der Waals surface area contributed by atoms with Crippen LogP contribution in [0.4, 0.5) is 5.69 Å². The van der Waals surface area contributed by atoms with Crippen LogP contribution in [0.15, 0.2) is 41.4 Å². The van der Waals surface area contributed by atoms with Crippen LogP contribution in [-0.2, 0) is 16.0 Å². The van der Waals surface area contributed by atoms with Gasteiger partial charge in [0, 0.05) is 25.3 Å². The topological polar surface area (TPSA) is 113 Å². The molecule has 1 heterocycles. The molecule has 32 heavy (non-hydrogen) atoms. The fourth-order valence-corrected chi connectivity index (χ4v) is 4.25. The zero-order valence-corrected chi connectivity index (χ0v) is 18.9. The number of fused-ring (bicyclic) bond motifs is 1. The molecule has 0 saturated carbocycles. The van der Waals surface area contributed by atoms with E-state index in [0.717, 1.165) is 16.3 Å². The second-order valence-corrected chi connectivity index (χ2v) is 7.89. The summed E-state index contributed by atoms with van der Waals surface area (Å²) in [6.45, 7) is 5.20. The Balaban J connectivity index is 2.10. The van der Waals surface area contributed by atoms with E-state index in [1.54, 1.807) is 29.7 Å². The molecule has 0 aliphatic heterocycles. The first-order chi connectivity index (χ1) is 15.3. The number of amides is 1. The number of hydrogen-bond donors (Lipinski definition) is 0. The molecule has 0 fully saturated rings. The number of nitro groups is 1. The van der Waals surface area contributed by atoms with Gasteiger partial charge < -0.3 is 14.0 Å². The number of esters is 1. The Labute approximate surface area is 192 Å². The van der Waals surface area contributed by atoms with Crippen LogP contribution in [0.3, 0.4) is 0 Å². The molecule has 168 valence electrons.